The Bertz CT molecular complexity index is 854. The fraction of sp³-hybridized carbons (Fsp3) is 0.381. The van der Waals surface area contributed by atoms with E-state index in [9.17, 15) is 18.0 Å². The molecule has 0 spiro atoms. The Hall–Kier alpha value is -2.25. The number of nitrogens with one attached hydrogen (secondary N) is 1. The summed E-state index contributed by atoms with van der Waals surface area (Å²) in [7, 11) is 0. The summed E-state index contributed by atoms with van der Waals surface area (Å²) in [5, 5.41) is 2.04. The zero-order valence-corrected chi connectivity index (χ0v) is 17.2. The molecule has 2 aromatic rings. The van der Waals surface area contributed by atoms with Gasteiger partial charge in [-0.3, -0.25) is 4.79 Å². The van der Waals surface area contributed by atoms with E-state index in [4.69, 9.17) is 21.1 Å². The van der Waals surface area contributed by atoms with E-state index in [1.165, 1.54) is 6.07 Å². The van der Waals surface area contributed by atoms with Gasteiger partial charge in [0, 0.05) is 23.4 Å². The van der Waals surface area contributed by atoms with Crippen molar-refractivity contribution in [2.75, 3.05) is 18.5 Å². The van der Waals surface area contributed by atoms with E-state index in [0.717, 1.165) is 12.1 Å². The molecule has 29 heavy (non-hydrogen) atoms. The molecular weight excluding hydrogens is 407 g/mol. The standard InChI is InChI=1S/C21H23ClF3NO3/c1-4-29-19-8-5-14(9-15(19)12-28-11-13(2)3)20(27)26-16-6-7-18(22)17(10-16)21(23,24)25/h5-10,13H,4,11-12H2,1-3H3,(H,26,27). The van der Waals surface area contributed by atoms with Gasteiger partial charge in [0.25, 0.3) is 5.91 Å². The lowest BCUT2D eigenvalue weighted by Crippen LogP contribution is -2.14. The number of ether oxygens (including phenoxy) is 2. The summed E-state index contributed by atoms with van der Waals surface area (Å²) in [4.78, 5) is 12.6. The molecule has 0 unspecified atom stereocenters. The summed E-state index contributed by atoms with van der Waals surface area (Å²) in [5.74, 6) is 0.400. The Morgan fingerprint density at radius 2 is 1.90 bits per heavy atom. The second kappa shape index (κ2) is 9.98. The minimum Gasteiger partial charge on any atom is -0.494 e. The highest BCUT2D eigenvalue weighted by Crippen LogP contribution is 2.36. The average Bonchev–Trinajstić information content (AvgIpc) is 2.63. The minimum atomic E-state index is -4.61. The van der Waals surface area contributed by atoms with Crippen LogP contribution in [0.15, 0.2) is 36.4 Å². The number of amides is 1. The second-order valence-electron chi connectivity index (χ2n) is 6.81. The lowest BCUT2D eigenvalue weighted by Gasteiger charge is -2.14. The van der Waals surface area contributed by atoms with Gasteiger partial charge >= 0.3 is 6.18 Å². The van der Waals surface area contributed by atoms with Crippen LogP contribution in [0.5, 0.6) is 5.75 Å². The molecule has 0 radical (unpaired) electrons. The van der Waals surface area contributed by atoms with Crippen LogP contribution in [-0.2, 0) is 17.5 Å². The maximum atomic E-state index is 13.0. The summed E-state index contributed by atoms with van der Waals surface area (Å²) < 4.78 is 50.2. The van der Waals surface area contributed by atoms with Crippen molar-refractivity contribution in [2.24, 2.45) is 5.92 Å². The predicted octanol–water partition coefficient (Wildman–Crippen LogP) is 6.18. The number of halogens is 4. The number of rotatable bonds is 8. The van der Waals surface area contributed by atoms with E-state index in [1.807, 2.05) is 20.8 Å². The third-order valence-electron chi connectivity index (χ3n) is 3.86. The molecule has 0 saturated carbocycles. The molecule has 0 aliphatic heterocycles. The molecule has 4 nitrogen and oxygen atoms in total. The van der Waals surface area contributed by atoms with Gasteiger partial charge in [-0.2, -0.15) is 13.2 Å². The molecule has 0 aliphatic carbocycles. The monoisotopic (exact) mass is 429 g/mol. The summed E-state index contributed by atoms with van der Waals surface area (Å²) >= 11 is 5.61. The highest BCUT2D eigenvalue weighted by molar-refractivity contribution is 6.31. The Kier molecular flexibility index (Phi) is 7.93. The van der Waals surface area contributed by atoms with Gasteiger partial charge in [0.1, 0.15) is 5.75 Å². The molecule has 2 aromatic carbocycles. The zero-order valence-electron chi connectivity index (χ0n) is 16.4. The van der Waals surface area contributed by atoms with Crippen molar-refractivity contribution >= 4 is 23.2 Å². The van der Waals surface area contributed by atoms with Crippen molar-refractivity contribution in [1.29, 1.82) is 0 Å². The van der Waals surface area contributed by atoms with Crippen LogP contribution in [-0.4, -0.2) is 19.1 Å². The second-order valence-corrected chi connectivity index (χ2v) is 7.22. The molecule has 0 aromatic heterocycles. The fourth-order valence-electron chi connectivity index (χ4n) is 2.56. The number of benzene rings is 2. The summed E-state index contributed by atoms with van der Waals surface area (Å²) in [5.41, 5.74) is -0.0444. The van der Waals surface area contributed by atoms with Gasteiger partial charge in [-0.05, 0) is 49.2 Å². The van der Waals surface area contributed by atoms with E-state index in [2.05, 4.69) is 5.32 Å². The topological polar surface area (TPSA) is 47.6 Å². The number of anilines is 1. The Morgan fingerprint density at radius 3 is 2.52 bits per heavy atom. The quantitative estimate of drug-likeness (QED) is 0.544. The first-order valence-corrected chi connectivity index (χ1v) is 9.51. The van der Waals surface area contributed by atoms with Gasteiger partial charge in [-0.15, -0.1) is 0 Å². The highest BCUT2D eigenvalue weighted by Gasteiger charge is 2.33. The predicted molar refractivity (Wildman–Crippen MR) is 107 cm³/mol. The largest absolute Gasteiger partial charge is 0.494 e. The van der Waals surface area contributed by atoms with Crippen LogP contribution in [0.3, 0.4) is 0 Å². The SMILES string of the molecule is CCOc1ccc(C(=O)Nc2ccc(Cl)c(C(F)(F)F)c2)cc1COCC(C)C. The molecule has 8 heteroatoms. The van der Waals surface area contributed by atoms with Gasteiger partial charge in [-0.25, -0.2) is 0 Å². The van der Waals surface area contributed by atoms with E-state index in [-0.39, 0.29) is 17.9 Å². The van der Waals surface area contributed by atoms with E-state index < -0.39 is 22.7 Å². The number of alkyl halides is 3. The normalized spacial score (nSPS) is 11.6. The van der Waals surface area contributed by atoms with Gasteiger partial charge in [0.15, 0.2) is 0 Å². The van der Waals surface area contributed by atoms with Crippen LogP contribution in [0.25, 0.3) is 0 Å². The van der Waals surface area contributed by atoms with Crippen LogP contribution in [0.1, 0.15) is 42.3 Å². The molecule has 0 atom stereocenters. The van der Waals surface area contributed by atoms with Crippen molar-refractivity contribution in [3.63, 3.8) is 0 Å². The number of carbonyl (C=O) groups is 1. The van der Waals surface area contributed by atoms with Crippen molar-refractivity contribution in [3.8, 4) is 5.75 Å². The van der Waals surface area contributed by atoms with Crippen molar-refractivity contribution < 1.29 is 27.4 Å². The smallest absolute Gasteiger partial charge is 0.417 e. The summed E-state index contributed by atoms with van der Waals surface area (Å²) in [6.07, 6.45) is -4.61. The van der Waals surface area contributed by atoms with Gasteiger partial charge < -0.3 is 14.8 Å². The maximum Gasteiger partial charge on any atom is 0.417 e. The third kappa shape index (κ3) is 6.65. The van der Waals surface area contributed by atoms with Crippen molar-refractivity contribution in [3.05, 3.63) is 58.1 Å². The van der Waals surface area contributed by atoms with E-state index in [1.54, 1.807) is 18.2 Å². The van der Waals surface area contributed by atoms with Crippen LogP contribution in [0.4, 0.5) is 18.9 Å². The fourth-order valence-corrected chi connectivity index (χ4v) is 2.78. The molecule has 158 valence electrons. The molecular formula is C21H23ClF3NO3. The first-order valence-electron chi connectivity index (χ1n) is 9.13. The highest BCUT2D eigenvalue weighted by atomic mass is 35.5. The maximum absolute atomic E-state index is 13.0. The van der Waals surface area contributed by atoms with E-state index in [0.29, 0.717) is 30.4 Å². The zero-order chi connectivity index (χ0) is 21.6. The molecule has 0 bridgehead atoms. The summed E-state index contributed by atoms with van der Waals surface area (Å²) in [6.45, 7) is 7.15. The molecule has 0 heterocycles. The Balaban J connectivity index is 2.22. The summed E-state index contributed by atoms with van der Waals surface area (Å²) in [6, 6.07) is 8.03. The van der Waals surface area contributed by atoms with Crippen molar-refractivity contribution in [2.45, 2.75) is 33.6 Å². The first kappa shape index (κ1) is 23.0. The molecule has 1 N–H and O–H groups in total. The average molecular weight is 430 g/mol. The van der Waals surface area contributed by atoms with Crippen LogP contribution >= 0.6 is 11.6 Å². The van der Waals surface area contributed by atoms with Crippen LogP contribution in [0, 0.1) is 5.92 Å². The first-order chi connectivity index (χ1) is 13.6. The van der Waals surface area contributed by atoms with Gasteiger partial charge in [0.05, 0.1) is 23.8 Å². The molecule has 0 aliphatic rings. The lowest BCUT2D eigenvalue weighted by molar-refractivity contribution is -0.137. The van der Waals surface area contributed by atoms with E-state index >= 15 is 0 Å². The van der Waals surface area contributed by atoms with Gasteiger partial charge in [0.2, 0.25) is 0 Å². The minimum absolute atomic E-state index is 0.00165. The number of hydrogen-bond donors (Lipinski definition) is 1. The number of carbonyl (C=O) groups excluding carboxylic acids is 1. The molecule has 2 rings (SSSR count). The van der Waals surface area contributed by atoms with Crippen LogP contribution in [0.2, 0.25) is 5.02 Å². The Morgan fingerprint density at radius 1 is 1.17 bits per heavy atom. The number of hydrogen-bond acceptors (Lipinski definition) is 3. The van der Waals surface area contributed by atoms with Gasteiger partial charge in [-0.1, -0.05) is 25.4 Å². The van der Waals surface area contributed by atoms with Crippen LogP contribution < -0.4 is 10.1 Å². The van der Waals surface area contributed by atoms with Crippen molar-refractivity contribution in [1.82, 2.24) is 0 Å². The Labute approximate surface area is 173 Å². The molecule has 1 amide bonds. The lowest BCUT2D eigenvalue weighted by atomic mass is 10.1. The molecule has 0 saturated heterocycles. The third-order valence-corrected chi connectivity index (χ3v) is 4.19. The molecule has 0 fully saturated rings.